The molecule has 2 aromatic heterocycles. The van der Waals surface area contributed by atoms with Gasteiger partial charge in [0.25, 0.3) is 5.91 Å². The number of pyridine rings is 1. The number of rotatable bonds is 3. The summed E-state index contributed by atoms with van der Waals surface area (Å²) in [6, 6.07) is 5.21. The number of carboxylic acid groups (broad SMARTS) is 1. The fourth-order valence-electron chi connectivity index (χ4n) is 2.51. The Hall–Kier alpha value is -2.41. The molecule has 1 amide bonds. The van der Waals surface area contributed by atoms with E-state index in [0.29, 0.717) is 24.3 Å². The quantitative estimate of drug-likeness (QED) is 0.922. The van der Waals surface area contributed by atoms with Gasteiger partial charge in [-0.1, -0.05) is 0 Å². The first-order valence-electron chi connectivity index (χ1n) is 7.03. The maximum absolute atomic E-state index is 12.5. The van der Waals surface area contributed by atoms with Gasteiger partial charge in [-0.3, -0.25) is 9.59 Å². The molecule has 1 saturated heterocycles. The molecule has 1 atom stereocenters. The van der Waals surface area contributed by atoms with Gasteiger partial charge in [-0.2, -0.15) is 0 Å². The minimum Gasteiger partial charge on any atom is -0.481 e. The van der Waals surface area contributed by atoms with Crippen molar-refractivity contribution in [2.75, 3.05) is 19.7 Å². The number of aromatic nitrogens is 1. The predicted octanol–water partition coefficient (Wildman–Crippen LogP) is 1.45. The van der Waals surface area contributed by atoms with E-state index in [1.165, 1.54) is 0 Å². The van der Waals surface area contributed by atoms with Crippen LogP contribution in [0.25, 0.3) is 11.1 Å². The van der Waals surface area contributed by atoms with Crippen LogP contribution in [0.2, 0.25) is 0 Å². The van der Waals surface area contributed by atoms with Crippen LogP contribution in [-0.4, -0.2) is 52.7 Å². The maximum atomic E-state index is 12.5. The zero-order valence-corrected chi connectivity index (χ0v) is 12.1. The Morgan fingerprint density at radius 1 is 1.45 bits per heavy atom. The number of aliphatic carboxylic acids is 1. The Morgan fingerprint density at radius 2 is 2.27 bits per heavy atom. The van der Waals surface area contributed by atoms with Crippen molar-refractivity contribution >= 4 is 23.0 Å². The van der Waals surface area contributed by atoms with Gasteiger partial charge in [-0.15, -0.1) is 0 Å². The second-order valence-corrected chi connectivity index (χ2v) is 5.29. The highest BCUT2D eigenvalue weighted by molar-refractivity contribution is 5.95. The van der Waals surface area contributed by atoms with Crippen LogP contribution in [0.3, 0.4) is 0 Å². The lowest BCUT2D eigenvalue weighted by molar-refractivity contribution is -0.141. The van der Waals surface area contributed by atoms with E-state index in [4.69, 9.17) is 14.3 Å². The fraction of sp³-hybridized carbons (Fsp3) is 0.400. The van der Waals surface area contributed by atoms with E-state index in [9.17, 15) is 9.59 Å². The summed E-state index contributed by atoms with van der Waals surface area (Å²) >= 11 is 0. The van der Waals surface area contributed by atoms with Gasteiger partial charge in [0.1, 0.15) is 5.52 Å². The molecule has 0 aliphatic carbocycles. The zero-order valence-electron chi connectivity index (χ0n) is 12.1. The van der Waals surface area contributed by atoms with E-state index < -0.39 is 12.1 Å². The first kappa shape index (κ1) is 14.5. The Bertz CT molecular complexity index is 724. The number of carboxylic acids is 1. The van der Waals surface area contributed by atoms with Gasteiger partial charge in [0.05, 0.1) is 19.1 Å². The molecule has 1 unspecified atom stereocenters. The van der Waals surface area contributed by atoms with Crippen molar-refractivity contribution < 1.29 is 23.8 Å². The first-order chi connectivity index (χ1) is 10.5. The molecule has 3 heterocycles. The second-order valence-electron chi connectivity index (χ2n) is 5.29. The van der Waals surface area contributed by atoms with Crippen molar-refractivity contribution in [3.05, 3.63) is 29.7 Å². The Balaban J connectivity index is 1.78. The minimum absolute atomic E-state index is 0.120. The van der Waals surface area contributed by atoms with Crippen LogP contribution in [0, 0.1) is 6.92 Å². The van der Waals surface area contributed by atoms with Crippen LogP contribution in [0.1, 0.15) is 22.7 Å². The molecule has 7 nitrogen and oxygen atoms in total. The molecule has 1 N–H and O–H groups in total. The van der Waals surface area contributed by atoms with E-state index in [2.05, 4.69) is 4.98 Å². The van der Waals surface area contributed by atoms with E-state index >= 15 is 0 Å². The molecular formula is C15H16N2O5. The molecule has 0 saturated carbocycles. The molecule has 1 fully saturated rings. The standard InChI is InChI=1S/C15H16N2O5/c1-9-2-3-12-11(16-9)7-13(22-12)15(20)17-4-5-21-10(8-17)6-14(18)19/h2-3,7,10H,4-6,8H2,1H3,(H,18,19). The highest BCUT2D eigenvalue weighted by atomic mass is 16.5. The minimum atomic E-state index is -0.942. The molecule has 22 heavy (non-hydrogen) atoms. The number of carbonyl (C=O) groups is 2. The van der Waals surface area contributed by atoms with Gasteiger partial charge in [0.2, 0.25) is 0 Å². The summed E-state index contributed by atoms with van der Waals surface area (Å²) in [5, 5.41) is 8.82. The first-order valence-corrected chi connectivity index (χ1v) is 7.03. The number of carbonyl (C=O) groups excluding carboxylic acids is 1. The van der Waals surface area contributed by atoms with Crippen molar-refractivity contribution in [3.63, 3.8) is 0 Å². The molecule has 3 rings (SSSR count). The van der Waals surface area contributed by atoms with Gasteiger partial charge in [-0.25, -0.2) is 4.98 Å². The average molecular weight is 304 g/mol. The lowest BCUT2D eigenvalue weighted by atomic mass is 10.2. The predicted molar refractivity (Wildman–Crippen MR) is 76.6 cm³/mol. The van der Waals surface area contributed by atoms with Gasteiger partial charge >= 0.3 is 5.97 Å². The summed E-state index contributed by atoms with van der Waals surface area (Å²) in [5.74, 6) is -0.999. The lowest BCUT2D eigenvalue weighted by Gasteiger charge is -2.31. The number of furan rings is 1. The van der Waals surface area contributed by atoms with Crippen molar-refractivity contribution in [3.8, 4) is 0 Å². The molecule has 1 aliphatic heterocycles. The number of aryl methyl sites for hydroxylation is 1. The van der Waals surface area contributed by atoms with Crippen LogP contribution in [-0.2, 0) is 9.53 Å². The Kier molecular flexibility index (Phi) is 3.81. The van der Waals surface area contributed by atoms with Crippen LogP contribution in [0.15, 0.2) is 22.6 Å². The van der Waals surface area contributed by atoms with E-state index in [-0.39, 0.29) is 24.6 Å². The zero-order chi connectivity index (χ0) is 15.7. The van der Waals surface area contributed by atoms with Crippen molar-refractivity contribution in [1.29, 1.82) is 0 Å². The highest BCUT2D eigenvalue weighted by Crippen LogP contribution is 2.20. The third kappa shape index (κ3) is 2.94. The number of hydrogen-bond acceptors (Lipinski definition) is 5. The van der Waals surface area contributed by atoms with E-state index in [1.807, 2.05) is 13.0 Å². The number of fused-ring (bicyclic) bond motifs is 1. The summed E-state index contributed by atoms with van der Waals surface area (Å²) in [6.07, 6.45) is -0.607. The molecule has 0 bridgehead atoms. The smallest absolute Gasteiger partial charge is 0.306 e. The summed E-state index contributed by atoms with van der Waals surface area (Å²) < 4.78 is 10.9. The number of ether oxygens (including phenoxy) is 1. The molecule has 116 valence electrons. The second kappa shape index (κ2) is 5.76. The molecule has 0 spiro atoms. The Labute approximate surface area is 126 Å². The fourth-order valence-corrected chi connectivity index (χ4v) is 2.51. The SMILES string of the molecule is Cc1ccc2oc(C(=O)N3CCOC(CC(=O)O)C3)cc2n1. The number of hydrogen-bond donors (Lipinski definition) is 1. The third-order valence-electron chi connectivity index (χ3n) is 3.55. The number of nitrogens with zero attached hydrogens (tertiary/aromatic N) is 2. The lowest BCUT2D eigenvalue weighted by Crippen LogP contribution is -2.46. The van der Waals surface area contributed by atoms with Crippen LogP contribution >= 0.6 is 0 Å². The average Bonchev–Trinajstić information content (AvgIpc) is 2.89. The van der Waals surface area contributed by atoms with Gasteiger partial charge in [-0.05, 0) is 19.1 Å². The largest absolute Gasteiger partial charge is 0.481 e. The van der Waals surface area contributed by atoms with Gasteiger partial charge in [0, 0.05) is 24.8 Å². The molecule has 0 radical (unpaired) electrons. The third-order valence-corrected chi connectivity index (χ3v) is 3.55. The normalized spacial score (nSPS) is 18.6. The monoisotopic (exact) mass is 304 g/mol. The highest BCUT2D eigenvalue weighted by Gasteiger charge is 2.28. The molecule has 1 aliphatic rings. The maximum Gasteiger partial charge on any atom is 0.306 e. The topological polar surface area (TPSA) is 92.9 Å². The van der Waals surface area contributed by atoms with Crippen LogP contribution < -0.4 is 0 Å². The Morgan fingerprint density at radius 3 is 3.05 bits per heavy atom. The molecule has 2 aromatic rings. The van der Waals surface area contributed by atoms with Crippen molar-refractivity contribution in [2.24, 2.45) is 0 Å². The van der Waals surface area contributed by atoms with Crippen LogP contribution in [0.4, 0.5) is 0 Å². The number of morpholine rings is 1. The molecule has 7 heteroatoms. The summed E-state index contributed by atoms with van der Waals surface area (Å²) in [5.41, 5.74) is 2.04. The van der Waals surface area contributed by atoms with Crippen LogP contribution in [0.5, 0.6) is 0 Å². The van der Waals surface area contributed by atoms with Gasteiger partial charge in [0.15, 0.2) is 11.3 Å². The van der Waals surface area contributed by atoms with Crippen molar-refractivity contribution in [1.82, 2.24) is 9.88 Å². The molecule has 0 aromatic carbocycles. The van der Waals surface area contributed by atoms with E-state index in [1.54, 1.807) is 17.0 Å². The number of amides is 1. The summed E-state index contributed by atoms with van der Waals surface area (Å²) in [7, 11) is 0. The van der Waals surface area contributed by atoms with E-state index in [0.717, 1.165) is 5.69 Å². The summed E-state index contributed by atoms with van der Waals surface area (Å²) in [4.78, 5) is 29.1. The van der Waals surface area contributed by atoms with Crippen molar-refractivity contribution in [2.45, 2.75) is 19.4 Å². The molecular weight excluding hydrogens is 288 g/mol. The summed E-state index contributed by atoms with van der Waals surface area (Å²) in [6.45, 7) is 2.85. The van der Waals surface area contributed by atoms with Gasteiger partial charge < -0.3 is 19.2 Å².